The van der Waals surface area contributed by atoms with Gasteiger partial charge in [0.1, 0.15) is 0 Å². The molecule has 1 heterocycles. The first-order chi connectivity index (χ1) is 10.2. The van der Waals surface area contributed by atoms with Gasteiger partial charge in [-0.05, 0) is 46.1 Å². The monoisotopic (exact) mass is 352 g/mol. The predicted octanol–water partition coefficient (Wildman–Crippen LogP) is 3.30. The van der Waals surface area contributed by atoms with E-state index in [1.165, 1.54) is 13.7 Å². The molecule has 0 aliphatic carbocycles. The average Bonchev–Trinajstić information content (AvgIpc) is 2.36. The normalized spacial score (nSPS) is 14.5. The van der Waals surface area contributed by atoms with Gasteiger partial charge in [0.05, 0.1) is 5.60 Å². The first-order valence-electron chi connectivity index (χ1n) is 6.86. The molecule has 0 saturated heterocycles. The summed E-state index contributed by atoms with van der Waals surface area (Å²) >= 11 is 4.42. The van der Waals surface area contributed by atoms with Crippen LogP contribution in [0.3, 0.4) is 0 Å². The summed E-state index contributed by atoms with van der Waals surface area (Å²) < 4.78 is 60.6. The number of ether oxygens (including phenoxy) is 1. The van der Waals surface area contributed by atoms with E-state index < -0.39 is 34.3 Å². The third kappa shape index (κ3) is 5.56. The lowest BCUT2D eigenvalue weighted by Crippen LogP contribution is -2.45. The van der Waals surface area contributed by atoms with E-state index in [9.17, 15) is 17.6 Å². The fourth-order valence-electron chi connectivity index (χ4n) is 1.19. The summed E-state index contributed by atoms with van der Waals surface area (Å²) in [4.78, 5) is 3.57. The van der Waals surface area contributed by atoms with Gasteiger partial charge in [-0.25, -0.2) is 9.37 Å². The largest absolute Gasteiger partial charge is 0.463 e. The predicted molar refractivity (Wildman–Crippen MR) is 84.0 cm³/mol. The number of thiol groups is 1. The molecule has 0 aromatic carbocycles. The Bertz CT molecular complexity index is 547. The molecule has 0 fully saturated rings. The van der Waals surface area contributed by atoms with Gasteiger partial charge in [-0.3, -0.25) is 0 Å². The highest BCUT2D eigenvalue weighted by Gasteiger charge is 2.39. The zero-order valence-corrected chi connectivity index (χ0v) is 14.4. The van der Waals surface area contributed by atoms with Crippen molar-refractivity contribution >= 4 is 25.6 Å². The number of hydrogen-bond donors (Lipinski definition) is 1. The van der Waals surface area contributed by atoms with Gasteiger partial charge in [-0.15, -0.1) is 0 Å². The summed E-state index contributed by atoms with van der Waals surface area (Å²) in [6.45, 7) is 8.11. The standard InChI is InChI=1S/C14H19BF4NO2S/c1-8(14(17,18)19)21-11-10(16)6-9(7-20-11)15-22-12(2,3)13(4,5)23/h6-8,23H,1-5H3. The molecule has 1 rings (SSSR count). The third-order valence-corrected chi connectivity index (χ3v) is 4.08. The molecule has 1 atom stereocenters. The minimum atomic E-state index is -4.59. The zero-order chi connectivity index (χ0) is 18.1. The Labute approximate surface area is 139 Å². The van der Waals surface area contributed by atoms with Crippen LogP contribution in [0.5, 0.6) is 5.88 Å². The van der Waals surface area contributed by atoms with Crippen molar-refractivity contribution in [1.82, 2.24) is 4.98 Å². The zero-order valence-electron chi connectivity index (χ0n) is 13.5. The van der Waals surface area contributed by atoms with E-state index in [4.69, 9.17) is 4.65 Å². The van der Waals surface area contributed by atoms with E-state index in [1.54, 1.807) is 0 Å². The van der Waals surface area contributed by atoms with Crippen LogP contribution in [-0.2, 0) is 4.65 Å². The van der Waals surface area contributed by atoms with E-state index in [0.717, 1.165) is 13.0 Å². The summed E-state index contributed by atoms with van der Waals surface area (Å²) in [6.07, 6.45) is -5.58. The van der Waals surface area contributed by atoms with Gasteiger partial charge in [0.15, 0.2) is 11.9 Å². The Morgan fingerprint density at radius 3 is 2.22 bits per heavy atom. The molecular formula is C14H19BF4NO2S. The molecule has 1 radical (unpaired) electrons. The number of pyridine rings is 1. The van der Waals surface area contributed by atoms with Crippen LogP contribution in [0.4, 0.5) is 17.6 Å². The number of aromatic nitrogens is 1. The molecular weight excluding hydrogens is 333 g/mol. The molecule has 129 valence electrons. The molecule has 0 N–H and O–H groups in total. The highest BCUT2D eigenvalue weighted by Crippen LogP contribution is 2.30. The minimum absolute atomic E-state index is 0.264. The van der Waals surface area contributed by atoms with Gasteiger partial charge in [0, 0.05) is 10.9 Å². The van der Waals surface area contributed by atoms with Gasteiger partial charge in [-0.2, -0.15) is 25.8 Å². The van der Waals surface area contributed by atoms with Gasteiger partial charge in [-0.1, -0.05) is 0 Å². The Kier molecular flexibility index (Phi) is 6.01. The van der Waals surface area contributed by atoms with Crippen LogP contribution in [0.15, 0.2) is 12.3 Å². The molecule has 0 bridgehead atoms. The maximum Gasteiger partial charge on any atom is 0.425 e. The van der Waals surface area contributed by atoms with Gasteiger partial charge in [0.25, 0.3) is 5.88 Å². The highest BCUT2D eigenvalue weighted by molar-refractivity contribution is 7.81. The molecule has 0 spiro atoms. The fourth-order valence-corrected chi connectivity index (χ4v) is 1.24. The second-order valence-corrected chi connectivity index (χ2v) is 7.28. The Morgan fingerprint density at radius 1 is 1.22 bits per heavy atom. The average molecular weight is 352 g/mol. The van der Waals surface area contributed by atoms with Crippen LogP contribution in [0.1, 0.15) is 34.6 Å². The maximum atomic E-state index is 13.8. The molecule has 9 heteroatoms. The van der Waals surface area contributed by atoms with E-state index in [2.05, 4.69) is 22.3 Å². The van der Waals surface area contributed by atoms with Crippen molar-refractivity contribution in [2.45, 2.75) is 57.2 Å². The molecule has 1 aromatic heterocycles. The van der Waals surface area contributed by atoms with Crippen LogP contribution in [0, 0.1) is 5.82 Å². The lowest BCUT2D eigenvalue weighted by atomic mass is 9.85. The van der Waals surface area contributed by atoms with Crippen LogP contribution in [0.25, 0.3) is 0 Å². The second-order valence-electron chi connectivity index (χ2n) is 6.16. The number of nitrogens with zero attached hydrogens (tertiary/aromatic N) is 1. The first kappa shape index (κ1) is 20.1. The van der Waals surface area contributed by atoms with Crippen LogP contribution in [-0.4, -0.2) is 35.1 Å². The Hall–Kier alpha value is -0.955. The van der Waals surface area contributed by atoms with Crippen LogP contribution in [0.2, 0.25) is 0 Å². The summed E-state index contributed by atoms with van der Waals surface area (Å²) in [7, 11) is 1.28. The van der Waals surface area contributed by atoms with Crippen molar-refractivity contribution in [3.63, 3.8) is 0 Å². The van der Waals surface area contributed by atoms with Crippen molar-refractivity contribution < 1.29 is 27.0 Å². The van der Waals surface area contributed by atoms with Crippen molar-refractivity contribution in [3.8, 4) is 5.88 Å². The van der Waals surface area contributed by atoms with Crippen LogP contribution >= 0.6 is 12.6 Å². The number of halogens is 4. The first-order valence-corrected chi connectivity index (χ1v) is 7.31. The summed E-state index contributed by atoms with van der Waals surface area (Å²) in [5, 5.41) is 0. The Balaban J connectivity index is 2.78. The van der Waals surface area contributed by atoms with E-state index in [-0.39, 0.29) is 5.46 Å². The van der Waals surface area contributed by atoms with E-state index in [1.807, 2.05) is 27.7 Å². The fraction of sp³-hybridized carbons (Fsp3) is 0.643. The SMILES string of the molecule is CC(Oc1ncc([B]OC(C)(C)C(C)(C)S)cc1F)C(F)(F)F. The van der Waals surface area contributed by atoms with Crippen molar-refractivity contribution in [1.29, 1.82) is 0 Å². The number of rotatable bonds is 6. The summed E-state index contributed by atoms with van der Waals surface area (Å²) in [6, 6.07) is 0.993. The van der Waals surface area contributed by atoms with Crippen LogP contribution < -0.4 is 10.2 Å². The molecule has 0 aliphatic rings. The topological polar surface area (TPSA) is 31.4 Å². The Morgan fingerprint density at radius 2 is 1.78 bits per heavy atom. The summed E-state index contributed by atoms with van der Waals surface area (Å²) in [5.74, 6) is -1.71. The quantitative estimate of drug-likeness (QED) is 0.484. The van der Waals surface area contributed by atoms with E-state index in [0.29, 0.717) is 0 Å². The molecule has 1 aromatic rings. The number of alkyl halides is 3. The molecule has 1 unspecified atom stereocenters. The van der Waals surface area contributed by atoms with Crippen molar-refractivity contribution in [2.24, 2.45) is 0 Å². The molecule has 0 saturated carbocycles. The molecule has 0 amide bonds. The highest BCUT2D eigenvalue weighted by atomic mass is 32.1. The molecule has 0 aliphatic heterocycles. The maximum absolute atomic E-state index is 13.8. The van der Waals surface area contributed by atoms with Gasteiger partial charge < -0.3 is 9.39 Å². The third-order valence-electron chi connectivity index (χ3n) is 3.54. The second kappa shape index (κ2) is 6.89. The van der Waals surface area contributed by atoms with Gasteiger partial charge >= 0.3 is 13.7 Å². The number of hydrogen-bond acceptors (Lipinski definition) is 4. The smallest absolute Gasteiger partial charge is 0.425 e. The van der Waals surface area contributed by atoms with Crippen molar-refractivity contribution in [3.05, 3.63) is 18.1 Å². The summed E-state index contributed by atoms with van der Waals surface area (Å²) in [5.41, 5.74) is -0.396. The lowest BCUT2D eigenvalue weighted by molar-refractivity contribution is -0.190. The molecule has 23 heavy (non-hydrogen) atoms. The lowest BCUT2D eigenvalue weighted by Gasteiger charge is -2.38. The van der Waals surface area contributed by atoms with E-state index >= 15 is 0 Å². The molecule has 3 nitrogen and oxygen atoms in total. The van der Waals surface area contributed by atoms with Crippen molar-refractivity contribution in [2.75, 3.05) is 0 Å². The minimum Gasteiger partial charge on any atom is -0.463 e. The van der Waals surface area contributed by atoms with Gasteiger partial charge in [0.2, 0.25) is 0 Å².